The summed E-state index contributed by atoms with van der Waals surface area (Å²) in [5.74, 6) is -1.02. The summed E-state index contributed by atoms with van der Waals surface area (Å²) < 4.78 is 0. The summed E-state index contributed by atoms with van der Waals surface area (Å²) in [6.45, 7) is 3.44. The molecule has 0 unspecified atom stereocenters. The Hall–Kier alpha value is -1.63. The zero-order valence-corrected chi connectivity index (χ0v) is 8.79. The third-order valence-corrected chi connectivity index (χ3v) is 1.78. The standard InChI is InChI=1S/C8H16N4O3/c1-8(2,6(9)14)4-11-3-5(13)12-7(10)15/h11H,3-4H2,1-2H3,(H2,9,14)(H3,10,12,13,15). The molecule has 6 N–H and O–H groups in total. The Kier molecular flexibility index (Phi) is 4.72. The molecule has 0 aliphatic rings. The summed E-state index contributed by atoms with van der Waals surface area (Å²) in [6.07, 6.45) is 0. The zero-order valence-electron chi connectivity index (χ0n) is 8.79. The van der Waals surface area contributed by atoms with Gasteiger partial charge in [-0.25, -0.2) is 4.79 Å². The highest BCUT2D eigenvalue weighted by Crippen LogP contribution is 2.11. The molecule has 0 atom stereocenters. The van der Waals surface area contributed by atoms with Gasteiger partial charge in [-0.3, -0.25) is 14.9 Å². The first kappa shape index (κ1) is 13.4. The van der Waals surface area contributed by atoms with E-state index >= 15 is 0 Å². The van der Waals surface area contributed by atoms with Crippen LogP contribution in [0.15, 0.2) is 0 Å². The second-order valence-corrected chi connectivity index (χ2v) is 3.76. The molecule has 7 nitrogen and oxygen atoms in total. The van der Waals surface area contributed by atoms with Crippen LogP contribution in [0.5, 0.6) is 0 Å². The minimum Gasteiger partial charge on any atom is -0.369 e. The normalized spacial score (nSPS) is 10.8. The molecule has 0 fully saturated rings. The fourth-order valence-electron chi connectivity index (χ4n) is 0.757. The fraction of sp³-hybridized carbons (Fsp3) is 0.625. The quantitative estimate of drug-likeness (QED) is 0.436. The van der Waals surface area contributed by atoms with E-state index in [1.807, 2.05) is 5.32 Å². The molecule has 0 aliphatic carbocycles. The van der Waals surface area contributed by atoms with Gasteiger partial charge in [-0.2, -0.15) is 0 Å². The van der Waals surface area contributed by atoms with Gasteiger partial charge in [-0.1, -0.05) is 0 Å². The lowest BCUT2D eigenvalue weighted by Gasteiger charge is -2.20. The molecule has 7 heteroatoms. The molecule has 15 heavy (non-hydrogen) atoms. The van der Waals surface area contributed by atoms with Crippen molar-refractivity contribution in [2.24, 2.45) is 16.9 Å². The van der Waals surface area contributed by atoms with Crippen LogP contribution in [0, 0.1) is 5.41 Å². The Bertz CT molecular complexity index is 275. The van der Waals surface area contributed by atoms with E-state index in [4.69, 9.17) is 11.5 Å². The zero-order chi connectivity index (χ0) is 12.1. The highest BCUT2D eigenvalue weighted by molar-refractivity contribution is 5.94. The van der Waals surface area contributed by atoms with Crippen LogP contribution < -0.4 is 22.1 Å². The number of hydrogen-bond acceptors (Lipinski definition) is 4. The minimum atomic E-state index is -0.907. The van der Waals surface area contributed by atoms with Gasteiger partial charge in [-0.15, -0.1) is 0 Å². The monoisotopic (exact) mass is 216 g/mol. The maximum absolute atomic E-state index is 10.9. The third kappa shape index (κ3) is 5.63. The average molecular weight is 216 g/mol. The van der Waals surface area contributed by atoms with E-state index < -0.39 is 23.3 Å². The van der Waals surface area contributed by atoms with E-state index in [0.717, 1.165) is 0 Å². The van der Waals surface area contributed by atoms with Crippen LogP contribution in [0.25, 0.3) is 0 Å². The van der Waals surface area contributed by atoms with Crippen LogP contribution in [0.1, 0.15) is 13.8 Å². The summed E-state index contributed by atoms with van der Waals surface area (Å²) in [5, 5.41) is 4.57. The third-order valence-electron chi connectivity index (χ3n) is 1.78. The van der Waals surface area contributed by atoms with Crippen LogP contribution >= 0.6 is 0 Å². The van der Waals surface area contributed by atoms with Crippen molar-refractivity contribution in [2.75, 3.05) is 13.1 Å². The van der Waals surface area contributed by atoms with Crippen LogP contribution in [0.3, 0.4) is 0 Å². The van der Waals surface area contributed by atoms with E-state index in [9.17, 15) is 14.4 Å². The molecule has 0 saturated heterocycles. The predicted molar refractivity (Wildman–Crippen MR) is 53.6 cm³/mol. The van der Waals surface area contributed by atoms with Gasteiger partial charge in [0.05, 0.1) is 12.0 Å². The molecule has 0 aromatic heterocycles. The number of nitrogens with two attached hydrogens (primary N) is 2. The topological polar surface area (TPSA) is 127 Å². The Balaban J connectivity index is 3.84. The van der Waals surface area contributed by atoms with Gasteiger partial charge < -0.3 is 16.8 Å². The summed E-state index contributed by atoms with van der Waals surface area (Å²) in [5.41, 5.74) is 9.10. The Labute approximate surface area is 87.6 Å². The van der Waals surface area contributed by atoms with E-state index in [-0.39, 0.29) is 13.1 Å². The van der Waals surface area contributed by atoms with Crippen molar-refractivity contribution in [3.63, 3.8) is 0 Å². The molecular formula is C8H16N4O3. The number of nitrogens with one attached hydrogen (secondary N) is 2. The van der Waals surface area contributed by atoms with Crippen LogP contribution in [0.4, 0.5) is 4.79 Å². The number of urea groups is 1. The maximum atomic E-state index is 10.9. The van der Waals surface area contributed by atoms with Crippen LogP contribution in [-0.2, 0) is 9.59 Å². The summed E-state index contributed by atoms with van der Waals surface area (Å²) in [4.78, 5) is 32.1. The van der Waals surface area contributed by atoms with Gasteiger partial charge in [0.25, 0.3) is 0 Å². The number of carbonyl (C=O) groups excluding carboxylic acids is 3. The molecule has 0 aliphatic heterocycles. The number of amides is 4. The first-order chi connectivity index (χ1) is 6.75. The van der Waals surface area contributed by atoms with Crippen molar-refractivity contribution >= 4 is 17.8 Å². The molecule has 86 valence electrons. The first-order valence-corrected chi connectivity index (χ1v) is 4.35. The van der Waals surface area contributed by atoms with Gasteiger partial charge in [0.2, 0.25) is 11.8 Å². The summed E-state index contributed by atoms with van der Waals surface area (Å²) in [7, 11) is 0. The molecule has 0 heterocycles. The number of carbonyl (C=O) groups is 3. The van der Waals surface area contributed by atoms with Gasteiger partial charge in [0.1, 0.15) is 0 Å². The molecule has 0 aromatic carbocycles. The SMILES string of the molecule is CC(C)(CNCC(=O)NC(N)=O)C(N)=O. The number of rotatable bonds is 5. The molecule has 0 bridgehead atoms. The van der Waals surface area contributed by atoms with Crippen molar-refractivity contribution in [3.8, 4) is 0 Å². The predicted octanol–water partition coefficient (Wildman–Crippen LogP) is -1.72. The summed E-state index contributed by atoms with van der Waals surface area (Å²) >= 11 is 0. The van der Waals surface area contributed by atoms with E-state index in [1.165, 1.54) is 0 Å². The van der Waals surface area contributed by atoms with E-state index in [1.54, 1.807) is 13.8 Å². The van der Waals surface area contributed by atoms with Gasteiger partial charge in [-0.05, 0) is 13.8 Å². The summed E-state index contributed by atoms with van der Waals surface area (Å²) in [6, 6.07) is -0.907. The largest absolute Gasteiger partial charge is 0.369 e. The minimum absolute atomic E-state index is 0.0976. The lowest BCUT2D eigenvalue weighted by atomic mass is 9.93. The van der Waals surface area contributed by atoms with Crippen LogP contribution in [-0.4, -0.2) is 30.9 Å². The van der Waals surface area contributed by atoms with Crippen molar-refractivity contribution in [1.29, 1.82) is 0 Å². The van der Waals surface area contributed by atoms with E-state index in [0.29, 0.717) is 0 Å². The molecule has 0 saturated carbocycles. The number of primary amides is 2. The Morgan fingerprint density at radius 3 is 2.13 bits per heavy atom. The number of hydrogen-bond donors (Lipinski definition) is 4. The lowest BCUT2D eigenvalue weighted by Crippen LogP contribution is -2.45. The molecule has 0 radical (unpaired) electrons. The second-order valence-electron chi connectivity index (χ2n) is 3.76. The first-order valence-electron chi connectivity index (χ1n) is 4.35. The Morgan fingerprint density at radius 2 is 1.73 bits per heavy atom. The molecular weight excluding hydrogens is 200 g/mol. The van der Waals surface area contributed by atoms with Crippen molar-refractivity contribution < 1.29 is 14.4 Å². The van der Waals surface area contributed by atoms with E-state index in [2.05, 4.69) is 5.32 Å². The van der Waals surface area contributed by atoms with Gasteiger partial charge in [0, 0.05) is 6.54 Å². The molecule has 0 rings (SSSR count). The fourth-order valence-corrected chi connectivity index (χ4v) is 0.757. The van der Waals surface area contributed by atoms with Gasteiger partial charge in [0.15, 0.2) is 0 Å². The van der Waals surface area contributed by atoms with Crippen molar-refractivity contribution in [1.82, 2.24) is 10.6 Å². The molecule has 4 amide bonds. The van der Waals surface area contributed by atoms with Crippen LogP contribution in [0.2, 0.25) is 0 Å². The lowest BCUT2D eigenvalue weighted by molar-refractivity contribution is -0.126. The van der Waals surface area contributed by atoms with Gasteiger partial charge >= 0.3 is 6.03 Å². The van der Waals surface area contributed by atoms with Crippen molar-refractivity contribution in [2.45, 2.75) is 13.8 Å². The molecule has 0 aromatic rings. The number of imide groups is 1. The highest BCUT2D eigenvalue weighted by Gasteiger charge is 2.24. The Morgan fingerprint density at radius 1 is 1.20 bits per heavy atom. The maximum Gasteiger partial charge on any atom is 0.318 e. The van der Waals surface area contributed by atoms with Crippen molar-refractivity contribution in [3.05, 3.63) is 0 Å². The smallest absolute Gasteiger partial charge is 0.318 e. The average Bonchev–Trinajstić information content (AvgIpc) is 2.01. The second kappa shape index (κ2) is 5.30. The highest BCUT2D eigenvalue weighted by atomic mass is 16.2. The molecule has 0 spiro atoms.